The minimum Gasteiger partial charge on any atom is -0.490 e. The standard InChI is InChI=1S/C23H26F2N2O3/c1-3-29-21-15-17(9-11-20(21)30-23(24)25)10-12-22(28)27-14-13-26(2)16-19(27)18-7-5-4-6-8-18/h4-12,15,19,23H,3,13-14,16H2,1-2H3/b12-10+. The van der Waals surface area contributed by atoms with Gasteiger partial charge < -0.3 is 19.3 Å². The molecule has 0 N–H and O–H groups in total. The lowest BCUT2D eigenvalue weighted by molar-refractivity contribution is -0.130. The maximum Gasteiger partial charge on any atom is 0.387 e. The number of rotatable bonds is 7. The first-order valence-corrected chi connectivity index (χ1v) is 9.91. The number of hydrogen-bond acceptors (Lipinski definition) is 4. The van der Waals surface area contributed by atoms with Crippen LogP contribution < -0.4 is 9.47 Å². The van der Waals surface area contributed by atoms with Crippen molar-refractivity contribution in [3.63, 3.8) is 0 Å². The summed E-state index contributed by atoms with van der Waals surface area (Å²) < 4.78 is 35.0. The lowest BCUT2D eigenvalue weighted by Crippen LogP contribution is -2.48. The molecule has 7 heteroatoms. The van der Waals surface area contributed by atoms with Gasteiger partial charge in [0.2, 0.25) is 5.91 Å². The van der Waals surface area contributed by atoms with Crippen molar-refractivity contribution in [2.24, 2.45) is 0 Å². The number of alkyl halides is 2. The van der Waals surface area contributed by atoms with Crippen LogP contribution in [0.5, 0.6) is 11.5 Å². The topological polar surface area (TPSA) is 42.0 Å². The van der Waals surface area contributed by atoms with E-state index in [0.29, 0.717) is 18.7 Å². The SMILES string of the molecule is CCOc1cc(/C=C/C(=O)N2CCN(C)CC2c2ccccc2)ccc1OC(F)F. The van der Waals surface area contributed by atoms with Gasteiger partial charge >= 0.3 is 6.61 Å². The minimum atomic E-state index is -2.93. The number of nitrogens with zero attached hydrogens (tertiary/aromatic N) is 2. The van der Waals surface area contributed by atoms with Crippen LogP contribution in [-0.2, 0) is 4.79 Å². The second-order valence-corrected chi connectivity index (χ2v) is 7.07. The molecule has 1 fully saturated rings. The molecule has 5 nitrogen and oxygen atoms in total. The molecule has 2 aromatic carbocycles. The third-order valence-electron chi connectivity index (χ3n) is 4.95. The monoisotopic (exact) mass is 416 g/mol. The highest BCUT2D eigenvalue weighted by Gasteiger charge is 2.29. The summed E-state index contributed by atoms with van der Waals surface area (Å²) >= 11 is 0. The van der Waals surface area contributed by atoms with Crippen LogP contribution in [0.25, 0.3) is 6.08 Å². The second kappa shape index (κ2) is 10.2. The molecule has 0 saturated carbocycles. The fourth-order valence-electron chi connectivity index (χ4n) is 3.50. The Morgan fingerprint density at radius 2 is 1.93 bits per heavy atom. The maximum absolute atomic E-state index is 13.0. The van der Waals surface area contributed by atoms with Gasteiger partial charge in [-0.15, -0.1) is 0 Å². The number of carbonyl (C=O) groups excluding carboxylic acids is 1. The molecule has 0 radical (unpaired) electrons. The number of carbonyl (C=O) groups is 1. The Morgan fingerprint density at radius 1 is 1.17 bits per heavy atom. The summed E-state index contributed by atoms with van der Waals surface area (Å²) in [6.45, 7) is 1.33. The van der Waals surface area contributed by atoms with Gasteiger partial charge in [-0.1, -0.05) is 36.4 Å². The van der Waals surface area contributed by atoms with Crippen LogP contribution in [0.15, 0.2) is 54.6 Å². The van der Waals surface area contributed by atoms with Crippen molar-refractivity contribution in [1.82, 2.24) is 9.80 Å². The summed E-state index contributed by atoms with van der Waals surface area (Å²) in [7, 11) is 2.05. The molecule has 2 aromatic rings. The Kier molecular flexibility index (Phi) is 7.41. The lowest BCUT2D eigenvalue weighted by Gasteiger charge is -2.40. The lowest BCUT2D eigenvalue weighted by atomic mass is 10.0. The normalized spacial score (nSPS) is 17.5. The summed E-state index contributed by atoms with van der Waals surface area (Å²) in [5.41, 5.74) is 1.76. The van der Waals surface area contributed by atoms with Gasteiger partial charge in [-0.25, -0.2) is 0 Å². The van der Waals surface area contributed by atoms with E-state index in [0.717, 1.165) is 18.7 Å². The Bertz CT molecular complexity index is 874. The van der Waals surface area contributed by atoms with Crippen LogP contribution >= 0.6 is 0 Å². The van der Waals surface area contributed by atoms with E-state index < -0.39 is 6.61 Å². The highest BCUT2D eigenvalue weighted by molar-refractivity contribution is 5.92. The van der Waals surface area contributed by atoms with Crippen LogP contribution in [0, 0.1) is 0 Å². The van der Waals surface area contributed by atoms with Crippen molar-refractivity contribution in [1.29, 1.82) is 0 Å². The van der Waals surface area contributed by atoms with Crippen molar-refractivity contribution < 1.29 is 23.0 Å². The fraction of sp³-hybridized carbons (Fsp3) is 0.348. The van der Waals surface area contributed by atoms with Crippen LogP contribution in [0.4, 0.5) is 8.78 Å². The quantitative estimate of drug-likeness (QED) is 0.634. The Morgan fingerprint density at radius 3 is 2.63 bits per heavy atom. The number of ether oxygens (including phenoxy) is 2. The molecule has 1 heterocycles. The molecule has 1 saturated heterocycles. The van der Waals surface area contributed by atoms with E-state index in [1.165, 1.54) is 12.1 Å². The zero-order chi connectivity index (χ0) is 21.5. The molecule has 1 unspecified atom stereocenters. The van der Waals surface area contributed by atoms with Gasteiger partial charge in [0.15, 0.2) is 11.5 Å². The molecule has 30 heavy (non-hydrogen) atoms. The molecule has 1 aliphatic rings. The van der Waals surface area contributed by atoms with Gasteiger partial charge in [-0.2, -0.15) is 8.78 Å². The van der Waals surface area contributed by atoms with Crippen LogP contribution in [0.2, 0.25) is 0 Å². The Hall–Kier alpha value is -2.93. The van der Waals surface area contributed by atoms with Crippen LogP contribution in [0.3, 0.4) is 0 Å². The van der Waals surface area contributed by atoms with E-state index in [1.54, 1.807) is 25.1 Å². The zero-order valence-electron chi connectivity index (χ0n) is 17.1. The molecule has 160 valence electrons. The number of amides is 1. The summed E-state index contributed by atoms with van der Waals surface area (Å²) in [6, 6.07) is 14.6. The van der Waals surface area contributed by atoms with Gasteiger partial charge in [-0.3, -0.25) is 4.79 Å². The van der Waals surface area contributed by atoms with Crippen LogP contribution in [0.1, 0.15) is 24.1 Å². The Labute approximate surface area is 175 Å². The third kappa shape index (κ3) is 5.57. The molecular weight excluding hydrogens is 390 g/mol. The summed E-state index contributed by atoms with van der Waals surface area (Å²) in [6.07, 6.45) is 3.18. The molecule has 1 amide bonds. The molecule has 1 aliphatic heterocycles. The highest BCUT2D eigenvalue weighted by Crippen LogP contribution is 2.30. The van der Waals surface area contributed by atoms with Gasteiger partial charge in [0.1, 0.15) is 0 Å². The number of likely N-dealkylation sites (N-methyl/N-ethyl adjacent to an activating group) is 1. The van der Waals surface area contributed by atoms with Gasteiger partial charge in [0, 0.05) is 25.7 Å². The summed E-state index contributed by atoms with van der Waals surface area (Å²) in [5.74, 6) is 0.0931. The molecule has 0 aromatic heterocycles. The van der Waals surface area contributed by atoms with Crippen LogP contribution in [-0.4, -0.2) is 55.6 Å². The van der Waals surface area contributed by atoms with E-state index in [2.05, 4.69) is 9.64 Å². The first-order chi connectivity index (χ1) is 14.5. The van der Waals surface area contributed by atoms with Crippen molar-refractivity contribution in [2.45, 2.75) is 19.6 Å². The molecule has 1 atom stereocenters. The fourth-order valence-corrected chi connectivity index (χ4v) is 3.50. The number of halogens is 2. The maximum atomic E-state index is 13.0. The van der Waals surface area contributed by atoms with Gasteiger partial charge in [0.05, 0.1) is 12.6 Å². The van der Waals surface area contributed by atoms with E-state index in [1.807, 2.05) is 42.3 Å². The summed E-state index contributed by atoms with van der Waals surface area (Å²) in [4.78, 5) is 17.0. The first kappa shape index (κ1) is 21.8. The predicted molar refractivity (Wildman–Crippen MR) is 112 cm³/mol. The average molecular weight is 416 g/mol. The smallest absolute Gasteiger partial charge is 0.387 e. The van der Waals surface area contributed by atoms with Gasteiger partial charge in [-0.05, 0) is 43.3 Å². The first-order valence-electron chi connectivity index (χ1n) is 9.91. The molecule has 0 bridgehead atoms. The van der Waals surface area contributed by atoms with Gasteiger partial charge in [0.25, 0.3) is 0 Å². The van der Waals surface area contributed by atoms with Crippen molar-refractivity contribution in [2.75, 3.05) is 33.3 Å². The van der Waals surface area contributed by atoms with Crippen molar-refractivity contribution in [3.8, 4) is 11.5 Å². The summed E-state index contributed by atoms with van der Waals surface area (Å²) in [5, 5.41) is 0. The third-order valence-corrected chi connectivity index (χ3v) is 4.95. The molecular formula is C23H26F2N2O3. The highest BCUT2D eigenvalue weighted by atomic mass is 19.3. The predicted octanol–water partition coefficient (Wildman–Crippen LogP) is 4.22. The van der Waals surface area contributed by atoms with Crippen molar-refractivity contribution in [3.05, 3.63) is 65.7 Å². The van der Waals surface area contributed by atoms with Crippen molar-refractivity contribution >= 4 is 12.0 Å². The van der Waals surface area contributed by atoms with E-state index >= 15 is 0 Å². The minimum absolute atomic E-state index is 0.0251. The number of benzene rings is 2. The Balaban J connectivity index is 1.77. The van der Waals surface area contributed by atoms with E-state index in [9.17, 15) is 13.6 Å². The molecule has 0 aliphatic carbocycles. The molecule has 3 rings (SSSR count). The average Bonchev–Trinajstić information content (AvgIpc) is 2.74. The molecule has 0 spiro atoms. The zero-order valence-corrected chi connectivity index (χ0v) is 17.1. The number of piperazine rings is 1. The van der Waals surface area contributed by atoms with E-state index in [-0.39, 0.29) is 23.4 Å². The largest absolute Gasteiger partial charge is 0.490 e. The second-order valence-electron chi connectivity index (χ2n) is 7.07. The van der Waals surface area contributed by atoms with E-state index in [4.69, 9.17) is 4.74 Å². The number of hydrogen-bond donors (Lipinski definition) is 0.